The van der Waals surface area contributed by atoms with E-state index < -0.39 is 0 Å². The van der Waals surface area contributed by atoms with Crippen molar-refractivity contribution in [2.75, 3.05) is 6.54 Å². The van der Waals surface area contributed by atoms with Gasteiger partial charge in [0.1, 0.15) is 0 Å². The summed E-state index contributed by atoms with van der Waals surface area (Å²) in [5, 5.41) is 0. The highest BCUT2D eigenvalue weighted by Crippen LogP contribution is 2.29. The van der Waals surface area contributed by atoms with Crippen molar-refractivity contribution in [3.8, 4) is 0 Å². The number of amides is 1. The van der Waals surface area contributed by atoms with E-state index >= 15 is 0 Å². The molecule has 0 saturated carbocycles. The van der Waals surface area contributed by atoms with Crippen molar-refractivity contribution in [3.05, 3.63) is 107 Å². The van der Waals surface area contributed by atoms with E-state index in [1.54, 1.807) is 0 Å². The second-order valence-corrected chi connectivity index (χ2v) is 6.91. The van der Waals surface area contributed by atoms with Crippen LogP contribution in [0.5, 0.6) is 0 Å². The van der Waals surface area contributed by atoms with Gasteiger partial charge in [0.15, 0.2) is 0 Å². The zero-order chi connectivity index (χ0) is 17.8. The normalized spacial score (nSPS) is 13.5. The Morgan fingerprint density at radius 3 is 1.92 bits per heavy atom. The highest BCUT2D eigenvalue weighted by atomic mass is 16.2. The lowest BCUT2D eigenvalue weighted by Crippen LogP contribution is -2.36. The Bertz CT molecular complexity index is 833. The number of benzene rings is 3. The van der Waals surface area contributed by atoms with Crippen LogP contribution in [0.15, 0.2) is 84.9 Å². The number of hydrogen-bond acceptors (Lipinski definition) is 1. The smallest absolute Gasteiger partial charge is 0.223 e. The first-order chi connectivity index (χ1) is 12.8. The summed E-state index contributed by atoms with van der Waals surface area (Å²) in [5.41, 5.74) is 5.05. The minimum atomic E-state index is 0.0991. The van der Waals surface area contributed by atoms with E-state index in [2.05, 4.69) is 48.5 Å². The van der Waals surface area contributed by atoms with Gasteiger partial charge >= 0.3 is 0 Å². The van der Waals surface area contributed by atoms with Crippen molar-refractivity contribution < 1.29 is 4.79 Å². The monoisotopic (exact) mass is 341 g/mol. The third-order valence-electron chi connectivity index (χ3n) is 5.27. The molecule has 1 aliphatic rings. The molecule has 0 atom stereocenters. The van der Waals surface area contributed by atoms with Gasteiger partial charge in [0, 0.05) is 25.4 Å². The van der Waals surface area contributed by atoms with Crippen LogP contribution in [0.4, 0.5) is 0 Å². The van der Waals surface area contributed by atoms with E-state index in [4.69, 9.17) is 0 Å². The summed E-state index contributed by atoms with van der Waals surface area (Å²) < 4.78 is 0. The predicted octanol–water partition coefficient (Wildman–Crippen LogP) is 4.79. The topological polar surface area (TPSA) is 20.3 Å². The largest absolute Gasteiger partial charge is 0.338 e. The van der Waals surface area contributed by atoms with Gasteiger partial charge in [-0.15, -0.1) is 0 Å². The van der Waals surface area contributed by atoms with E-state index in [1.165, 1.54) is 22.3 Å². The summed E-state index contributed by atoms with van der Waals surface area (Å²) in [7, 11) is 0. The van der Waals surface area contributed by atoms with Gasteiger partial charge in [0.25, 0.3) is 0 Å². The fraction of sp³-hybridized carbons (Fsp3) is 0.208. The SMILES string of the molecule is O=C(CC(c1ccccc1)c1ccccc1)N1CCc2ccccc2C1. The third-order valence-corrected chi connectivity index (χ3v) is 5.27. The maximum Gasteiger partial charge on any atom is 0.223 e. The van der Waals surface area contributed by atoms with Gasteiger partial charge in [-0.05, 0) is 28.7 Å². The zero-order valence-electron chi connectivity index (χ0n) is 14.8. The van der Waals surface area contributed by atoms with Crippen LogP contribution in [0.25, 0.3) is 0 Å². The number of carbonyl (C=O) groups is 1. The van der Waals surface area contributed by atoms with Gasteiger partial charge in [0.05, 0.1) is 0 Å². The number of fused-ring (bicyclic) bond motifs is 1. The molecule has 0 unspecified atom stereocenters. The molecule has 3 aromatic rings. The van der Waals surface area contributed by atoms with Crippen LogP contribution in [-0.2, 0) is 17.8 Å². The molecule has 0 spiro atoms. The second-order valence-electron chi connectivity index (χ2n) is 6.91. The van der Waals surface area contributed by atoms with Crippen molar-refractivity contribution in [1.29, 1.82) is 0 Å². The molecule has 0 bridgehead atoms. The summed E-state index contributed by atoms with van der Waals surface area (Å²) in [6, 6.07) is 29.2. The molecule has 0 saturated heterocycles. The summed E-state index contributed by atoms with van der Waals surface area (Å²) in [6.07, 6.45) is 1.46. The molecular formula is C24H23NO. The number of carbonyl (C=O) groups excluding carboxylic acids is 1. The van der Waals surface area contributed by atoms with E-state index in [0.717, 1.165) is 19.5 Å². The molecule has 130 valence electrons. The lowest BCUT2D eigenvalue weighted by molar-refractivity contribution is -0.132. The molecule has 0 N–H and O–H groups in total. The van der Waals surface area contributed by atoms with Gasteiger partial charge in [-0.2, -0.15) is 0 Å². The molecule has 0 fully saturated rings. The van der Waals surface area contributed by atoms with Crippen molar-refractivity contribution in [2.45, 2.75) is 25.3 Å². The highest BCUT2D eigenvalue weighted by Gasteiger charge is 2.24. The Kier molecular flexibility index (Phi) is 4.83. The Morgan fingerprint density at radius 2 is 1.31 bits per heavy atom. The van der Waals surface area contributed by atoms with Crippen molar-refractivity contribution >= 4 is 5.91 Å². The van der Waals surface area contributed by atoms with Crippen molar-refractivity contribution in [1.82, 2.24) is 4.90 Å². The molecule has 1 amide bonds. The Labute approximate surface area is 155 Å². The average Bonchev–Trinajstić information content (AvgIpc) is 2.72. The summed E-state index contributed by atoms with van der Waals surface area (Å²) in [6.45, 7) is 1.54. The van der Waals surface area contributed by atoms with E-state index in [1.807, 2.05) is 41.3 Å². The maximum atomic E-state index is 13.1. The van der Waals surface area contributed by atoms with Crippen LogP contribution < -0.4 is 0 Å². The van der Waals surface area contributed by atoms with E-state index in [-0.39, 0.29) is 11.8 Å². The molecule has 1 aliphatic heterocycles. The van der Waals surface area contributed by atoms with Crippen molar-refractivity contribution in [2.24, 2.45) is 0 Å². The second kappa shape index (κ2) is 7.57. The van der Waals surface area contributed by atoms with E-state index in [0.29, 0.717) is 6.42 Å². The minimum Gasteiger partial charge on any atom is -0.338 e. The molecule has 2 heteroatoms. The van der Waals surface area contributed by atoms with E-state index in [9.17, 15) is 4.79 Å². The molecule has 1 heterocycles. The highest BCUT2D eigenvalue weighted by molar-refractivity contribution is 5.78. The van der Waals surface area contributed by atoms with Crippen LogP contribution in [0.2, 0.25) is 0 Å². The number of rotatable bonds is 4. The number of hydrogen-bond donors (Lipinski definition) is 0. The molecule has 3 aromatic carbocycles. The molecule has 0 aliphatic carbocycles. The lowest BCUT2D eigenvalue weighted by Gasteiger charge is -2.30. The van der Waals surface area contributed by atoms with Crippen LogP contribution >= 0.6 is 0 Å². The van der Waals surface area contributed by atoms with Crippen LogP contribution in [-0.4, -0.2) is 17.4 Å². The first kappa shape index (κ1) is 16.6. The van der Waals surface area contributed by atoms with Crippen LogP contribution in [0.3, 0.4) is 0 Å². The summed E-state index contributed by atoms with van der Waals surface area (Å²) in [4.78, 5) is 15.1. The molecule has 2 nitrogen and oxygen atoms in total. The third kappa shape index (κ3) is 3.55. The van der Waals surface area contributed by atoms with Gasteiger partial charge in [0.2, 0.25) is 5.91 Å². The fourth-order valence-corrected chi connectivity index (χ4v) is 3.81. The average molecular weight is 341 g/mol. The first-order valence-electron chi connectivity index (χ1n) is 9.26. The Morgan fingerprint density at radius 1 is 0.769 bits per heavy atom. The molecule has 0 radical (unpaired) electrons. The quantitative estimate of drug-likeness (QED) is 0.668. The fourth-order valence-electron chi connectivity index (χ4n) is 3.81. The van der Waals surface area contributed by atoms with Crippen LogP contribution in [0, 0.1) is 0 Å². The van der Waals surface area contributed by atoms with Gasteiger partial charge in [-0.3, -0.25) is 4.79 Å². The number of nitrogens with zero attached hydrogens (tertiary/aromatic N) is 1. The molecule has 4 rings (SSSR count). The van der Waals surface area contributed by atoms with Gasteiger partial charge < -0.3 is 4.90 Å². The zero-order valence-corrected chi connectivity index (χ0v) is 14.8. The van der Waals surface area contributed by atoms with Gasteiger partial charge in [-0.25, -0.2) is 0 Å². The summed E-state index contributed by atoms with van der Waals surface area (Å²) >= 11 is 0. The molecular weight excluding hydrogens is 318 g/mol. The lowest BCUT2D eigenvalue weighted by atomic mass is 9.88. The Hall–Kier alpha value is -2.87. The van der Waals surface area contributed by atoms with Crippen LogP contribution in [0.1, 0.15) is 34.6 Å². The predicted molar refractivity (Wildman–Crippen MR) is 105 cm³/mol. The molecule has 0 aromatic heterocycles. The first-order valence-corrected chi connectivity index (χ1v) is 9.26. The summed E-state index contributed by atoms with van der Waals surface area (Å²) in [5.74, 6) is 0.333. The Balaban J connectivity index is 1.56. The molecule has 26 heavy (non-hydrogen) atoms. The minimum absolute atomic E-state index is 0.0991. The van der Waals surface area contributed by atoms with Crippen molar-refractivity contribution in [3.63, 3.8) is 0 Å². The van der Waals surface area contributed by atoms with Gasteiger partial charge in [-0.1, -0.05) is 84.9 Å². The maximum absolute atomic E-state index is 13.1. The standard InChI is InChI=1S/C24H23NO/c26-24(25-16-15-19-9-7-8-14-22(19)18-25)17-23(20-10-3-1-4-11-20)21-12-5-2-6-13-21/h1-14,23H,15-18H2.